The van der Waals surface area contributed by atoms with Crippen molar-refractivity contribution in [2.45, 2.75) is 19.0 Å². The maximum absolute atomic E-state index is 13.5. The molecule has 0 aromatic heterocycles. The van der Waals surface area contributed by atoms with Gasteiger partial charge in [0.1, 0.15) is 0 Å². The fraction of sp³-hybridized carbons (Fsp3) is 0.579. The molecule has 0 spiro atoms. The summed E-state index contributed by atoms with van der Waals surface area (Å²) >= 11 is 0. The molecule has 3 rings (SSSR count). The average molecular weight is 396 g/mol. The lowest BCUT2D eigenvalue weighted by Gasteiger charge is -2.38. The summed E-state index contributed by atoms with van der Waals surface area (Å²) in [6, 6.07) is 3.05. The molecule has 2 aliphatic rings. The van der Waals surface area contributed by atoms with Crippen molar-refractivity contribution in [1.82, 2.24) is 20.0 Å². The van der Waals surface area contributed by atoms with Crippen molar-refractivity contribution in [3.8, 4) is 0 Å². The SMILES string of the molecule is O=C1NCCN(Cc2ccc(F)c(F)c2)[C@@H]1CC(=O)N1CCN(CCO)CC1. The normalized spacial score (nSPS) is 21.6. The van der Waals surface area contributed by atoms with Gasteiger partial charge in [-0.05, 0) is 17.7 Å². The predicted octanol–water partition coefficient (Wildman–Crippen LogP) is -0.208. The molecule has 1 aromatic rings. The standard InChI is InChI=1S/C19H26F2N4O3/c20-15-2-1-14(11-16(15)21)13-25-4-3-22-19(28)17(25)12-18(27)24-7-5-23(6-8-24)9-10-26/h1-2,11,17,26H,3-10,12-13H2,(H,22,28)/t17-/m1/s1. The van der Waals surface area contributed by atoms with Crippen molar-refractivity contribution in [3.63, 3.8) is 0 Å². The monoisotopic (exact) mass is 396 g/mol. The Morgan fingerprint density at radius 2 is 1.89 bits per heavy atom. The number of hydrogen-bond donors (Lipinski definition) is 2. The van der Waals surface area contributed by atoms with Gasteiger partial charge >= 0.3 is 0 Å². The lowest BCUT2D eigenvalue weighted by molar-refractivity contribution is -0.140. The summed E-state index contributed by atoms with van der Waals surface area (Å²) in [6.07, 6.45) is 0.0511. The first kappa shape index (κ1) is 20.6. The Labute approximate surface area is 162 Å². The maximum atomic E-state index is 13.5. The van der Waals surface area contributed by atoms with Crippen molar-refractivity contribution in [2.24, 2.45) is 0 Å². The second-order valence-corrected chi connectivity index (χ2v) is 7.18. The van der Waals surface area contributed by atoms with Crippen LogP contribution in [0.15, 0.2) is 18.2 Å². The van der Waals surface area contributed by atoms with Gasteiger partial charge in [-0.3, -0.25) is 19.4 Å². The topological polar surface area (TPSA) is 76.1 Å². The molecule has 0 radical (unpaired) electrons. The molecule has 1 atom stereocenters. The lowest BCUT2D eigenvalue weighted by atomic mass is 10.1. The third-order valence-corrected chi connectivity index (χ3v) is 5.32. The van der Waals surface area contributed by atoms with Gasteiger partial charge in [-0.25, -0.2) is 8.78 Å². The molecule has 28 heavy (non-hydrogen) atoms. The molecule has 0 aliphatic carbocycles. The smallest absolute Gasteiger partial charge is 0.237 e. The van der Waals surface area contributed by atoms with Crippen LogP contribution in [0.5, 0.6) is 0 Å². The number of carbonyl (C=O) groups is 2. The molecular formula is C19H26F2N4O3. The van der Waals surface area contributed by atoms with Gasteiger partial charge in [0.2, 0.25) is 11.8 Å². The summed E-state index contributed by atoms with van der Waals surface area (Å²) in [5.74, 6) is -2.15. The van der Waals surface area contributed by atoms with Crippen molar-refractivity contribution in [1.29, 1.82) is 0 Å². The van der Waals surface area contributed by atoms with Crippen molar-refractivity contribution in [3.05, 3.63) is 35.4 Å². The molecule has 1 aromatic carbocycles. The summed E-state index contributed by atoms with van der Waals surface area (Å²) in [6.45, 7) is 4.47. The van der Waals surface area contributed by atoms with Crippen molar-refractivity contribution >= 4 is 11.8 Å². The fourth-order valence-corrected chi connectivity index (χ4v) is 3.70. The van der Waals surface area contributed by atoms with Gasteiger partial charge in [-0.2, -0.15) is 0 Å². The van der Waals surface area contributed by atoms with E-state index in [4.69, 9.17) is 5.11 Å². The molecule has 154 valence electrons. The fourth-order valence-electron chi connectivity index (χ4n) is 3.70. The number of aliphatic hydroxyl groups is 1. The van der Waals surface area contributed by atoms with Crippen LogP contribution in [0.3, 0.4) is 0 Å². The van der Waals surface area contributed by atoms with Crippen LogP contribution in [-0.4, -0.2) is 90.1 Å². The molecule has 2 heterocycles. The van der Waals surface area contributed by atoms with E-state index in [-0.39, 0.29) is 31.4 Å². The van der Waals surface area contributed by atoms with Gasteiger partial charge in [0.15, 0.2) is 11.6 Å². The third-order valence-electron chi connectivity index (χ3n) is 5.32. The average Bonchev–Trinajstić information content (AvgIpc) is 2.68. The van der Waals surface area contributed by atoms with Crippen LogP contribution < -0.4 is 5.32 Å². The molecule has 2 fully saturated rings. The lowest BCUT2D eigenvalue weighted by Crippen LogP contribution is -2.57. The molecular weight excluding hydrogens is 370 g/mol. The van der Waals surface area contributed by atoms with Crippen molar-refractivity contribution < 1.29 is 23.5 Å². The highest BCUT2D eigenvalue weighted by molar-refractivity contribution is 5.88. The number of piperazine rings is 2. The van der Waals surface area contributed by atoms with Crippen LogP contribution in [0.4, 0.5) is 8.78 Å². The molecule has 0 saturated carbocycles. The maximum Gasteiger partial charge on any atom is 0.237 e. The van der Waals surface area contributed by atoms with E-state index in [0.29, 0.717) is 51.4 Å². The summed E-state index contributed by atoms with van der Waals surface area (Å²) in [4.78, 5) is 30.8. The quantitative estimate of drug-likeness (QED) is 0.696. The Bertz CT molecular complexity index is 710. The Morgan fingerprint density at radius 3 is 2.57 bits per heavy atom. The van der Waals surface area contributed by atoms with Gasteiger partial charge in [0, 0.05) is 52.4 Å². The van der Waals surface area contributed by atoms with Crippen LogP contribution in [0.25, 0.3) is 0 Å². The van der Waals surface area contributed by atoms with E-state index in [1.54, 1.807) is 4.90 Å². The van der Waals surface area contributed by atoms with E-state index in [2.05, 4.69) is 10.2 Å². The number of hydrogen-bond acceptors (Lipinski definition) is 5. The second kappa shape index (κ2) is 9.40. The van der Waals surface area contributed by atoms with E-state index in [1.807, 2.05) is 4.90 Å². The summed E-state index contributed by atoms with van der Waals surface area (Å²) < 4.78 is 26.6. The van der Waals surface area contributed by atoms with Gasteiger partial charge in [0.05, 0.1) is 19.1 Å². The summed E-state index contributed by atoms with van der Waals surface area (Å²) in [5.41, 5.74) is 0.559. The van der Waals surface area contributed by atoms with E-state index in [9.17, 15) is 18.4 Å². The Balaban J connectivity index is 1.61. The van der Waals surface area contributed by atoms with Crippen LogP contribution in [0.1, 0.15) is 12.0 Å². The van der Waals surface area contributed by atoms with Gasteiger partial charge in [0.25, 0.3) is 0 Å². The number of halogens is 2. The molecule has 2 N–H and O–H groups in total. The zero-order valence-corrected chi connectivity index (χ0v) is 15.7. The first-order valence-electron chi connectivity index (χ1n) is 9.54. The van der Waals surface area contributed by atoms with Crippen LogP contribution in [-0.2, 0) is 16.1 Å². The zero-order valence-electron chi connectivity index (χ0n) is 15.7. The Morgan fingerprint density at radius 1 is 1.14 bits per heavy atom. The molecule has 0 unspecified atom stereocenters. The first-order valence-corrected chi connectivity index (χ1v) is 9.54. The summed E-state index contributed by atoms with van der Waals surface area (Å²) in [5, 5.41) is 11.8. The van der Waals surface area contributed by atoms with Gasteiger partial charge < -0.3 is 15.3 Å². The minimum atomic E-state index is -0.924. The van der Waals surface area contributed by atoms with E-state index in [0.717, 1.165) is 12.1 Å². The Hall–Kier alpha value is -2.10. The van der Waals surface area contributed by atoms with Crippen LogP contribution in [0, 0.1) is 11.6 Å². The highest BCUT2D eigenvalue weighted by Crippen LogP contribution is 2.17. The van der Waals surface area contributed by atoms with E-state index >= 15 is 0 Å². The minimum absolute atomic E-state index is 0.0511. The van der Waals surface area contributed by atoms with E-state index in [1.165, 1.54) is 6.07 Å². The van der Waals surface area contributed by atoms with Gasteiger partial charge in [-0.1, -0.05) is 6.07 Å². The Kier molecular flexibility index (Phi) is 6.93. The highest BCUT2D eigenvalue weighted by Gasteiger charge is 2.33. The number of nitrogens with one attached hydrogen (secondary N) is 1. The zero-order chi connectivity index (χ0) is 20.1. The van der Waals surface area contributed by atoms with Gasteiger partial charge in [-0.15, -0.1) is 0 Å². The summed E-state index contributed by atoms with van der Waals surface area (Å²) in [7, 11) is 0. The molecule has 9 heteroatoms. The van der Waals surface area contributed by atoms with Crippen molar-refractivity contribution in [2.75, 3.05) is 52.4 Å². The second-order valence-electron chi connectivity index (χ2n) is 7.18. The van der Waals surface area contributed by atoms with Crippen LogP contribution in [0.2, 0.25) is 0 Å². The molecule has 2 aliphatic heterocycles. The number of rotatable bonds is 6. The molecule has 7 nitrogen and oxygen atoms in total. The van der Waals surface area contributed by atoms with E-state index < -0.39 is 17.7 Å². The number of carbonyl (C=O) groups excluding carboxylic acids is 2. The number of β-amino-alcohol motifs (C(OH)–C–C–N with tert-alkyl or cyclic N) is 1. The molecule has 0 bridgehead atoms. The number of nitrogens with zero attached hydrogens (tertiary/aromatic N) is 3. The largest absolute Gasteiger partial charge is 0.395 e. The first-order chi connectivity index (χ1) is 13.5. The number of aliphatic hydroxyl groups excluding tert-OH is 1. The number of benzene rings is 1. The third kappa shape index (κ3) is 5.03. The molecule has 2 amide bonds. The highest BCUT2D eigenvalue weighted by atomic mass is 19.2. The number of amides is 2. The predicted molar refractivity (Wildman–Crippen MR) is 98.3 cm³/mol. The van der Waals surface area contributed by atoms with Crippen LogP contribution >= 0.6 is 0 Å². The molecule has 2 saturated heterocycles. The minimum Gasteiger partial charge on any atom is -0.395 e.